The Labute approximate surface area is 167 Å². The van der Waals surface area contributed by atoms with Crippen LogP contribution >= 0.6 is 0 Å². The van der Waals surface area contributed by atoms with Crippen LogP contribution in [0.15, 0.2) is 42.5 Å². The van der Waals surface area contributed by atoms with Gasteiger partial charge in [-0.1, -0.05) is 0 Å². The highest BCUT2D eigenvalue weighted by molar-refractivity contribution is 5.95. The van der Waals surface area contributed by atoms with Gasteiger partial charge in [0.05, 0.1) is 11.1 Å². The highest BCUT2D eigenvalue weighted by atomic mass is 19.4. The molecule has 0 radical (unpaired) electrons. The predicted octanol–water partition coefficient (Wildman–Crippen LogP) is 4.50. The number of hydrogen-bond donors (Lipinski definition) is 0. The van der Waals surface area contributed by atoms with Crippen molar-refractivity contribution in [2.75, 3.05) is 31.1 Å². The molecule has 1 saturated heterocycles. The maximum atomic E-state index is 13.0. The van der Waals surface area contributed by atoms with Crippen molar-refractivity contribution in [1.29, 1.82) is 0 Å². The Kier molecular flexibility index (Phi) is 5.78. The van der Waals surface area contributed by atoms with Crippen molar-refractivity contribution in [3.8, 4) is 0 Å². The molecule has 1 amide bonds. The van der Waals surface area contributed by atoms with E-state index in [2.05, 4.69) is 0 Å². The van der Waals surface area contributed by atoms with Gasteiger partial charge in [-0.15, -0.1) is 0 Å². The molecule has 1 heterocycles. The zero-order valence-electron chi connectivity index (χ0n) is 15.4. The normalized spacial score (nSPS) is 15.3. The number of nitrogens with zero attached hydrogens (tertiary/aromatic N) is 2. The zero-order chi connectivity index (χ0) is 22.1. The first-order valence-electron chi connectivity index (χ1n) is 8.88. The van der Waals surface area contributed by atoms with Gasteiger partial charge in [0, 0.05) is 43.0 Å². The molecule has 2 aromatic carbocycles. The molecular weight excluding hydrogens is 414 g/mol. The Morgan fingerprint density at radius 3 is 1.73 bits per heavy atom. The van der Waals surface area contributed by atoms with Crippen LogP contribution < -0.4 is 4.90 Å². The number of rotatable bonds is 3. The number of alkyl halides is 6. The second-order valence-electron chi connectivity index (χ2n) is 6.78. The Morgan fingerprint density at radius 2 is 1.30 bits per heavy atom. The fourth-order valence-corrected chi connectivity index (χ4v) is 3.19. The minimum atomic E-state index is -5.01. The monoisotopic (exact) mass is 430 g/mol. The molecule has 0 aliphatic carbocycles. The molecule has 0 saturated carbocycles. The minimum Gasteiger partial charge on any atom is -0.368 e. The summed E-state index contributed by atoms with van der Waals surface area (Å²) in [6.45, 7) is 0.951. The van der Waals surface area contributed by atoms with E-state index >= 15 is 0 Å². The first-order valence-corrected chi connectivity index (χ1v) is 8.88. The van der Waals surface area contributed by atoms with E-state index in [1.54, 1.807) is 24.3 Å². The molecular formula is C20H16F6N2O2. The van der Waals surface area contributed by atoms with Crippen molar-refractivity contribution in [2.24, 2.45) is 0 Å². The number of carbonyl (C=O) groups excluding carboxylic acids is 2. The lowest BCUT2D eigenvalue weighted by Crippen LogP contribution is -2.48. The number of amides is 1. The number of benzene rings is 2. The molecule has 0 atom stereocenters. The number of piperazine rings is 1. The molecule has 4 nitrogen and oxygen atoms in total. The van der Waals surface area contributed by atoms with E-state index in [0.717, 1.165) is 5.69 Å². The number of anilines is 1. The quantitative estimate of drug-likeness (QED) is 0.532. The van der Waals surface area contributed by atoms with Crippen LogP contribution in [0.2, 0.25) is 0 Å². The molecule has 1 fully saturated rings. The molecule has 10 heteroatoms. The topological polar surface area (TPSA) is 40.6 Å². The van der Waals surface area contributed by atoms with Crippen LogP contribution in [0.25, 0.3) is 0 Å². The molecule has 2 aromatic rings. The molecule has 0 bridgehead atoms. The van der Waals surface area contributed by atoms with Crippen molar-refractivity contribution in [1.82, 2.24) is 4.90 Å². The maximum absolute atomic E-state index is 13.0. The number of halogens is 6. The fourth-order valence-electron chi connectivity index (χ4n) is 3.19. The van der Waals surface area contributed by atoms with Crippen molar-refractivity contribution < 1.29 is 35.9 Å². The van der Waals surface area contributed by atoms with Crippen LogP contribution in [-0.4, -0.2) is 43.3 Å². The standard InChI is InChI=1S/C20H16F6N2O2/c21-19(22,23)15-9-14(10-16(11-15)20(24,25)26)18(30)28-7-5-27(6-8-28)17-3-1-13(12-29)2-4-17/h1-4,9-12H,5-8H2. The van der Waals surface area contributed by atoms with Gasteiger partial charge >= 0.3 is 12.4 Å². The van der Waals surface area contributed by atoms with Gasteiger partial charge in [-0.25, -0.2) is 0 Å². The van der Waals surface area contributed by atoms with Gasteiger partial charge < -0.3 is 9.80 Å². The van der Waals surface area contributed by atoms with E-state index in [-0.39, 0.29) is 19.2 Å². The molecule has 0 spiro atoms. The third-order valence-corrected chi connectivity index (χ3v) is 4.80. The van der Waals surface area contributed by atoms with Gasteiger partial charge in [0.1, 0.15) is 6.29 Å². The van der Waals surface area contributed by atoms with Crippen molar-refractivity contribution in [3.05, 3.63) is 64.7 Å². The van der Waals surface area contributed by atoms with Gasteiger partial charge in [0.25, 0.3) is 5.91 Å². The van der Waals surface area contributed by atoms with E-state index < -0.39 is 35.0 Å². The summed E-state index contributed by atoms with van der Waals surface area (Å²) in [6, 6.07) is 7.59. The summed E-state index contributed by atoms with van der Waals surface area (Å²) in [5.74, 6) is -0.887. The summed E-state index contributed by atoms with van der Waals surface area (Å²) < 4.78 is 78.1. The van der Waals surface area contributed by atoms with Crippen LogP contribution in [0.5, 0.6) is 0 Å². The highest BCUT2D eigenvalue weighted by Gasteiger charge is 2.38. The molecule has 160 valence electrons. The van der Waals surface area contributed by atoms with E-state index in [1.165, 1.54) is 4.90 Å². The van der Waals surface area contributed by atoms with Gasteiger partial charge in [0.15, 0.2) is 0 Å². The molecule has 1 aliphatic rings. The van der Waals surface area contributed by atoms with Crippen LogP contribution in [0.1, 0.15) is 31.8 Å². The van der Waals surface area contributed by atoms with Gasteiger partial charge in [-0.2, -0.15) is 26.3 Å². The van der Waals surface area contributed by atoms with E-state index in [4.69, 9.17) is 0 Å². The van der Waals surface area contributed by atoms with Crippen LogP contribution in [-0.2, 0) is 12.4 Å². The van der Waals surface area contributed by atoms with E-state index in [1.807, 2.05) is 4.90 Å². The van der Waals surface area contributed by atoms with Crippen LogP contribution in [0.4, 0.5) is 32.0 Å². The SMILES string of the molecule is O=Cc1ccc(N2CCN(C(=O)c3cc(C(F)(F)F)cc(C(F)(F)F)c3)CC2)cc1. The van der Waals surface area contributed by atoms with E-state index in [0.29, 0.717) is 37.1 Å². The Morgan fingerprint density at radius 1 is 0.800 bits per heavy atom. The van der Waals surface area contributed by atoms with Crippen LogP contribution in [0, 0.1) is 0 Å². The zero-order valence-corrected chi connectivity index (χ0v) is 15.4. The fraction of sp³-hybridized carbons (Fsp3) is 0.300. The average Bonchev–Trinajstić information content (AvgIpc) is 2.72. The maximum Gasteiger partial charge on any atom is 0.416 e. The lowest BCUT2D eigenvalue weighted by atomic mass is 10.0. The number of carbonyl (C=O) groups is 2. The smallest absolute Gasteiger partial charge is 0.368 e. The lowest BCUT2D eigenvalue weighted by molar-refractivity contribution is -0.143. The second kappa shape index (κ2) is 8.00. The van der Waals surface area contributed by atoms with Gasteiger partial charge in [0.2, 0.25) is 0 Å². The number of aldehydes is 1. The third-order valence-electron chi connectivity index (χ3n) is 4.80. The third kappa shape index (κ3) is 4.74. The Balaban J connectivity index is 1.78. The van der Waals surface area contributed by atoms with E-state index in [9.17, 15) is 35.9 Å². The summed E-state index contributed by atoms with van der Waals surface area (Å²) in [5.41, 5.74) is -2.39. The summed E-state index contributed by atoms with van der Waals surface area (Å²) in [6.07, 6.45) is -9.32. The average molecular weight is 430 g/mol. The molecule has 0 N–H and O–H groups in total. The summed E-state index contributed by atoms with van der Waals surface area (Å²) in [7, 11) is 0. The first kappa shape index (κ1) is 21.7. The summed E-state index contributed by atoms with van der Waals surface area (Å²) in [5, 5.41) is 0. The molecule has 1 aliphatic heterocycles. The molecule has 30 heavy (non-hydrogen) atoms. The summed E-state index contributed by atoms with van der Waals surface area (Å²) in [4.78, 5) is 26.5. The minimum absolute atomic E-state index is 0.00227. The highest BCUT2D eigenvalue weighted by Crippen LogP contribution is 2.36. The van der Waals surface area contributed by atoms with Gasteiger partial charge in [-0.3, -0.25) is 9.59 Å². The van der Waals surface area contributed by atoms with Gasteiger partial charge in [-0.05, 0) is 42.5 Å². The largest absolute Gasteiger partial charge is 0.416 e. The Bertz CT molecular complexity index is 898. The Hall–Kier alpha value is -3.04. The lowest BCUT2D eigenvalue weighted by Gasteiger charge is -2.36. The van der Waals surface area contributed by atoms with Crippen LogP contribution in [0.3, 0.4) is 0 Å². The molecule has 3 rings (SSSR count). The van der Waals surface area contributed by atoms with Crippen molar-refractivity contribution >= 4 is 17.9 Å². The summed E-state index contributed by atoms with van der Waals surface area (Å²) >= 11 is 0. The molecule has 0 aromatic heterocycles. The van der Waals surface area contributed by atoms with Crippen molar-refractivity contribution in [3.63, 3.8) is 0 Å². The molecule has 0 unspecified atom stereocenters. The number of hydrogen-bond acceptors (Lipinski definition) is 3. The predicted molar refractivity (Wildman–Crippen MR) is 96.4 cm³/mol. The first-order chi connectivity index (χ1) is 14.0. The second-order valence-corrected chi connectivity index (χ2v) is 6.78. The van der Waals surface area contributed by atoms with Crippen molar-refractivity contribution in [2.45, 2.75) is 12.4 Å².